The number of ether oxygens (including phenoxy) is 6. The molecule has 1 aromatic carbocycles. The summed E-state index contributed by atoms with van der Waals surface area (Å²) in [5.41, 5.74) is 0.0181. The summed E-state index contributed by atoms with van der Waals surface area (Å²) in [5.74, 6) is -1.45. The summed E-state index contributed by atoms with van der Waals surface area (Å²) in [4.78, 5) is 11.1. The molecule has 0 aliphatic carbocycles. The molecule has 0 spiro atoms. The predicted octanol–water partition coefficient (Wildman–Crippen LogP) is -0.304. The van der Waals surface area contributed by atoms with Gasteiger partial charge in [0.2, 0.25) is 0 Å². The fourth-order valence-electron chi connectivity index (χ4n) is 4.84. The topological polar surface area (TPSA) is 159 Å². The summed E-state index contributed by atoms with van der Waals surface area (Å²) in [6.45, 7) is 3.41. The Morgan fingerprint density at radius 2 is 2.03 bits per heavy atom. The fourth-order valence-corrected chi connectivity index (χ4v) is 7.47. The molecule has 13 heteroatoms. The molecule has 3 aliphatic rings. The van der Waals surface area contributed by atoms with Crippen LogP contribution in [0, 0.1) is 16.0 Å². The van der Waals surface area contributed by atoms with Crippen molar-refractivity contribution in [2.24, 2.45) is 5.92 Å². The zero-order valence-corrected chi connectivity index (χ0v) is 22.0. The van der Waals surface area contributed by atoms with E-state index in [1.807, 2.05) is 0 Å². The number of para-hydroxylation sites is 1. The van der Waals surface area contributed by atoms with Gasteiger partial charge >= 0.3 is 215 Å². The third-order valence-corrected chi connectivity index (χ3v) is 9.07. The molecule has 202 valence electrons. The number of aliphatic hydroxyl groups is 3. The number of rotatable bonds is 11. The predicted molar refractivity (Wildman–Crippen MR) is 125 cm³/mol. The summed E-state index contributed by atoms with van der Waals surface area (Å²) in [5, 5.41) is 44.4. The first kappa shape index (κ1) is 27.8. The zero-order chi connectivity index (χ0) is 26.0. The second-order valence-corrected chi connectivity index (χ2v) is 11.8. The molecule has 1 aromatic rings. The summed E-state index contributed by atoms with van der Waals surface area (Å²) >= 11 is -0.403. The quantitative estimate of drug-likeness (QED) is 0.137. The second-order valence-electron chi connectivity index (χ2n) is 9.54. The first-order valence-electron chi connectivity index (χ1n) is 11.7. The van der Waals surface area contributed by atoms with Gasteiger partial charge in [-0.2, -0.15) is 0 Å². The first-order chi connectivity index (χ1) is 17.1. The number of fused-ring (bicyclic) bond motifs is 1. The summed E-state index contributed by atoms with van der Waals surface area (Å²) in [7, 11) is 1.46. The molecule has 36 heavy (non-hydrogen) atoms. The molecule has 0 unspecified atom stereocenters. The van der Waals surface area contributed by atoms with Gasteiger partial charge in [-0.3, -0.25) is 0 Å². The van der Waals surface area contributed by atoms with Crippen molar-refractivity contribution in [3.63, 3.8) is 0 Å². The Balaban J connectivity index is 1.50. The van der Waals surface area contributed by atoms with Crippen LogP contribution in [0.5, 0.6) is 0 Å². The fraction of sp³-hybridized carbons (Fsp3) is 0.739. The second kappa shape index (κ2) is 11.7. The van der Waals surface area contributed by atoms with Crippen molar-refractivity contribution in [2.45, 2.75) is 80.4 Å². The number of methoxy groups -OCH3 is 1. The average molecular weight is 578 g/mol. The van der Waals surface area contributed by atoms with Crippen LogP contribution in [0.2, 0.25) is 5.32 Å². The van der Waals surface area contributed by atoms with Gasteiger partial charge < -0.3 is 0 Å². The Hall–Kier alpha value is -1.22. The third-order valence-electron chi connectivity index (χ3n) is 6.54. The van der Waals surface area contributed by atoms with Crippen LogP contribution in [0.25, 0.3) is 0 Å². The van der Waals surface area contributed by atoms with Gasteiger partial charge in [-0.1, -0.05) is 0 Å². The van der Waals surface area contributed by atoms with Crippen LogP contribution in [-0.4, -0.2) is 111 Å². The molecular weight excluding hydrogens is 545 g/mol. The van der Waals surface area contributed by atoms with E-state index in [2.05, 4.69) is 0 Å². The van der Waals surface area contributed by atoms with Crippen LogP contribution >= 0.6 is 0 Å². The van der Waals surface area contributed by atoms with E-state index in [9.17, 15) is 25.4 Å². The van der Waals surface area contributed by atoms with Crippen molar-refractivity contribution in [3.05, 3.63) is 34.4 Å². The Bertz CT molecular complexity index is 905. The molecule has 9 atom stereocenters. The molecule has 4 rings (SSSR count). The molecule has 12 nitrogen and oxygen atoms in total. The van der Waals surface area contributed by atoms with Gasteiger partial charge in [-0.15, -0.1) is 0 Å². The Morgan fingerprint density at radius 3 is 2.72 bits per heavy atom. The van der Waals surface area contributed by atoms with E-state index in [-0.39, 0.29) is 25.5 Å². The maximum absolute atomic E-state index is 11.5. The van der Waals surface area contributed by atoms with Crippen molar-refractivity contribution in [3.8, 4) is 0 Å². The Morgan fingerprint density at radius 1 is 1.28 bits per heavy atom. The van der Waals surface area contributed by atoms with Crippen LogP contribution < -0.4 is 4.46 Å². The van der Waals surface area contributed by atoms with Crippen LogP contribution in [0.1, 0.15) is 20.3 Å². The maximum atomic E-state index is 11.5. The molecule has 3 fully saturated rings. The SMILES string of the molecule is COCO[C@H]1[C@@H]([C@@H](C[Se]c2ccccc2[N+](=O)[O-])[C@H](O)C[C@H]2O[C@@H]3OC(C)(C)O[C@@H]3[C@H]2O)OC[C@@H]1O. The van der Waals surface area contributed by atoms with E-state index < -0.39 is 80.6 Å². The standard InChI is InChI=1S/C23H33NO11Se/c1-23(2)34-21-18(27)16(33-22(21)35-23)8-14(25)12(19-20(32-11-30-3)15(26)9-31-19)10-36-17-7-5-4-6-13(17)24(28)29/h4-7,12,14-16,18-22,25-27H,8-11H2,1-3H3/t12-,14+,15-,16+,18-,19+,20+,21+,22+/m0/s1. The molecule has 0 radical (unpaired) electrons. The molecule has 0 amide bonds. The van der Waals surface area contributed by atoms with E-state index in [1.165, 1.54) is 13.2 Å². The van der Waals surface area contributed by atoms with Crippen LogP contribution in [0.4, 0.5) is 5.69 Å². The number of nitro groups is 1. The third kappa shape index (κ3) is 6.08. The number of benzene rings is 1. The summed E-state index contributed by atoms with van der Waals surface area (Å²) in [6.07, 6.45) is -6.54. The number of hydrogen-bond donors (Lipinski definition) is 3. The van der Waals surface area contributed by atoms with Crippen LogP contribution in [-0.2, 0) is 28.4 Å². The first-order valence-corrected chi connectivity index (χ1v) is 13.8. The minimum absolute atomic E-state index is 0.0181. The molecule has 3 heterocycles. The molecule has 3 aliphatic heterocycles. The van der Waals surface area contributed by atoms with Gasteiger partial charge in [0.1, 0.15) is 0 Å². The number of hydrogen-bond acceptors (Lipinski definition) is 11. The van der Waals surface area contributed by atoms with E-state index in [4.69, 9.17) is 28.4 Å². The van der Waals surface area contributed by atoms with Crippen LogP contribution in [0.15, 0.2) is 24.3 Å². The van der Waals surface area contributed by atoms with Crippen molar-refractivity contribution in [1.82, 2.24) is 0 Å². The number of aliphatic hydroxyl groups excluding tert-OH is 3. The van der Waals surface area contributed by atoms with E-state index in [0.717, 1.165) is 0 Å². The normalized spacial score (nSPS) is 35.0. The van der Waals surface area contributed by atoms with Crippen molar-refractivity contribution in [2.75, 3.05) is 20.5 Å². The van der Waals surface area contributed by atoms with Gasteiger partial charge in [0.05, 0.1) is 0 Å². The molecule has 0 aromatic heterocycles. The van der Waals surface area contributed by atoms with Gasteiger partial charge in [0.15, 0.2) is 0 Å². The molecule has 0 saturated carbocycles. The van der Waals surface area contributed by atoms with E-state index in [0.29, 0.717) is 9.78 Å². The molecule has 3 saturated heterocycles. The monoisotopic (exact) mass is 579 g/mol. The van der Waals surface area contributed by atoms with Gasteiger partial charge in [0, 0.05) is 0 Å². The summed E-state index contributed by atoms with van der Waals surface area (Å²) < 4.78 is 34.4. The number of nitro benzene ring substituents is 1. The molecular formula is C23H33NO11Se. The summed E-state index contributed by atoms with van der Waals surface area (Å²) in [6, 6.07) is 6.49. The molecule has 3 N–H and O–H groups in total. The van der Waals surface area contributed by atoms with E-state index in [1.54, 1.807) is 32.0 Å². The Kier molecular flexibility index (Phi) is 9.01. The zero-order valence-electron chi connectivity index (χ0n) is 20.3. The van der Waals surface area contributed by atoms with Gasteiger partial charge in [-0.25, -0.2) is 0 Å². The van der Waals surface area contributed by atoms with Crippen molar-refractivity contribution < 1.29 is 48.7 Å². The van der Waals surface area contributed by atoms with Crippen molar-refractivity contribution in [1.29, 1.82) is 0 Å². The van der Waals surface area contributed by atoms with E-state index >= 15 is 0 Å². The van der Waals surface area contributed by atoms with Crippen LogP contribution in [0.3, 0.4) is 0 Å². The van der Waals surface area contributed by atoms with Gasteiger partial charge in [0.25, 0.3) is 0 Å². The molecule has 0 bridgehead atoms. The van der Waals surface area contributed by atoms with Gasteiger partial charge in [-0.05, 0) is 0 Å². The average Bonchev–Trinajstić information content (AvgIpc) is 3.43. The number of nitrogens with zero attached hydrogens (tertiary/aromatic N) is 1. The minimum atomic E-state index is -1.04. The Labute approximate surface area is 215 Å². The van der Waals surface area contributed by atoms with Crippen molar-refractivity contribution >= 4 is 25.1 Å².